The molecule has 0 aromatic carbocycles. The molecular formula is C24H20F3N5O3. The van der Waals surface area contributed by atoms with Gasteiger partial charge in [0.25, 0.3) is 5.56 Å². The normalized spacial score (nSPS) is 14.1. The Balaban J connectivity index is 1.48. The van der Waals surface area contributed by atoms with Crippen LogP contribution in [0.4, 0.5) is 18.0 Å². The van der Waals surface area contributed by atoms with Crippen LogP contribution in [0.15, 0.2) is 53.6 Å². The number of hydrogen-bond donors (Lipinski definition) is 1. The minimum Gasteiger partial charge on any atom is -0.465 e. The monoisotopic (exact) mass is 483 g/mol. The second kappa shape index (κ2) is 8.26. The van der Waals surface area contributed by atoms with Crippen LogP contribution in [0.3, 0.4) is 0 Å². The highest BCUT2D eigenvalue weighted by molar-refractivity contribution is 5.83. The smallest absolute Gasteiger partial charge is 0.433 e. The predicted octanol–water partition coefficient (Wildman–Crippen LogP) is 3.88. The molecule has 0 unspecified atom stereocenters. The molecule has 4 aromatic rings. The molecular weight excluding hydrogens is 463 g/mol. The van der Waals surface area contributed by atoms with Gasteiger partial charge in [-0.25, -0.2) is 9.78 Å². The van der Waals surface area contributed by atoms with Crippen molar-refractivity contribution in [2.24, 2.45) is 7.05 Å². The number of rotatable bonds is 2. The average Bonchev–Trinajstić information content (AvgIpc) is 2.96. The van der Waals surface area contributed by atoms with Gasteiger partial charge in [0.05, 0.1) is 0 Å². The summed E-state index contributed by atoms with van der Waals surface area (Å²) in [7, 11) is 1.87. The number of carboxylic acid groups (broad SMARTS) is 1. The van der Waals surface area contributed by atoms with Crippen LogP contribution in [0.25, 0.3) is 28.0 Å². The number of pyridine rings is 3. The van der Waals surface area contributed by atoms with Gasteiger partial charge < -0.3 is 14.6 Å². The van der Waals surface area contributed by atoms with Crippen molar-refractivity contribution in [3.8, 4) is 16.9 Å². The maximum absolute atomic E-state index is 12.9. The molecule has 0 saturated carbocycles. The van der Waals surface area contributed by atoms with Gasteiger partial charge in [0.15, 0.2) is 0 Å². The molecule has 11 heteroatoms. The van der Waals surface area contributed by atoms with Gasteiger partial charge in [-0.2, -0.15) is 13.2 Å². The third-order valence-corrected chi connectivity index (χ3v) is 6.33. The number of hydrogen-bond acceptors (Lipinski definition) is 4. The average molecular weight is 483 g/mol. The van der Waals surface area contributed by atoms with E-state index in [2.05, 4.69) is 4.98 Å². The Kier molecular flexibility index (Phi) is 5.34. The van der Waals surface area contributed by atoms with E-state index in [4.69, 9.17) is 4.98 Å². The molecule has 0 fully saturated rings. The molecule has 1 aliphatic rings. The van der Waals surface area contributed by atoms with Crippen LogP contribution in [0, 0.1) is 0 Å². The van der Waals surface area contributed by atoms with Gasteiger partial charge in [-0.1, -0.05) is 6.07 Å². The van der Waals surface area contributed by atoms with Crippen molar-refractivity contribution in [1.82, 2.24) is 24.0 Å². The Morgan fingerprint density at radius 3 is 2.49 bits per heavy atom. The molecule has 8 nitrogen and oxygen atoms in total. The molecule has 0 spiro atoms. The molecule has 35 heavy (non-hydrogen) atoms. The summed E-state index contributed by atoms with van der Waals surface area (Å²) in [5.74, 6) is 0.405. The summed E-state index contributed by atoms with van der Waals surface area (Å²) in [6, 6.07) is 8.72. The lowest BCUT2D eigenvalue weighted by Crippen LogP contribution is -2.31. The number of carbonyl (C=O) groups is 1. The van der Waals surface area contributed by atoms with Crippen LogP contribution >= 0.6 is 0 Å². The van der Waals surface area contributed by atoms with Crippen LogP contribution in [0.5, 0.6) is 0 Å². The van der Waals surface area contributed by atoms with E-state index < -0.39 is 18.0 Å². The standard InChI is InChI=1S/C24H20F3N5O3/c1-30-18-8-10-31(23(34)35)9-7-16(18)17-3-5-20(29-22(17)30)32-11-6-14(12-21(32)33)15-2-4-19(28-13-15)24(25,26)27/h2-6,11-13H,7-10H2,1H3,(H,34,35). The van der Waals surface area contributed by atoms with Gasteiger partial charge in [-0.15, -0.1) is 0 Å². The minimum atomic E-state index is -4.53. The fraction of sp³-hybridized carbons (Fsp3) is 0.250. The second-order valence-corrected chi connectivity index (χ2v) is 8.35. The lowest BCUT2D eigenvalue weighted by Gasteiger charge is -2.15. The highest BCUT2D eigenvalue weighted by Crippen LogP contribution is 2.30. The minimum absolute atomic E-state index is 0.387. The number of alkyl halides is 3. The van der Waals surface area contributed by atoms with Gasteiger partial charge in [0.1, 0.15) is 17.2 Å². The molecule has 180 valence electrons. The van der Waals surface area contributed by atoms with Crippen LogP contribution in [0.1, 0.15) is 17.0 Å². The summed E-state index contributed by atoms with van der Waals surface area (Å²) in [5, 5.41) is 10.2. The van der Waals surface area contributed by atoms with Gasteiger partial charge in [-0.3, -0.25) is 14.3 Å². The highest BCUT2D eigenvalue weighted by Gasteiger charge is 2.32. The Bertz CT molecular complexity index is 1510. The second-order valence-electron chi connectivity index (χ2n) is 8.35. The number of fused-ring (bicyclic) bond motifs is 3. The van der Waals surface area contributed by atoms with Crippen molar-refractivity contribution in [1.29, 1.82) is 0 Å². The zero-order chi connectivity index (χ0) is 24.9. The molecule has 0 radical (unpaired) electrons. The number of nitrogens with zero attached hydrogens (tertiary/aromatic N) is 5. The van der Waals surface area contributed by atoms with E-state index in [0.717, 1.165) is 28.9 Å². The van der Waals surface area contributed by atoms with Crippen molar-refractivity contribution < 1.29 is 23.1 Å². The first kappa shape index (κ1) is 22.6. The van der Waals surface area contributed by atoms with Gasteiger partial charge in [0, 0.05) is 61.7 Å². The van der Waals surface area contributed by atoms with E-state index in [0.29, 0.717) is 48.5 Å². The fourth-order valence-electron chi connectivity index (χ4n) is 4.52. The lowest BCUT2D eigenvalue weighted by molar-refractivity contribution is -0.141. The molecule has 0 bridgehead atoms. The lowest BCUT2D eigenvalue weighted by atomic mass is 10.1. The first-order valence-electron chi connectivity index (χ1n) is 10.9. The van der Waals surface area contributed by atoms with Crippen LogP contribution in [0.2, 0.25) is 0 Å². The molecule has 0 saturated heterocycles. The van der Waals surface area contributed by atoms with Crippen molar-refractivity contribution in [2.45, 2.75) is 19.0 Å². The summed E-state index contributed by atoms with van der Waals surface area (Å²) in [6.45, 7) is 0.808. The quantitative estimate of drug-likeness (QED) is 0.467. The summed E-state index contributed by atoms with van der Waals surface area (Å²) in [5.41, 5.74) is 2.23. The predicted molar refractivity (Wildman–Crippen MR) is 122 cm³/mol. The summed E-state index contributed by atoms with van der Waals surface area (Å²) in [6.07, 6.45) is -1.69. The number of aromatic nitrogens is 4. The number of halogens is 3. The molecule has 5 heterocycles. The fourth-order valence-corrected chi connectivity index (χ4v) is 4.52. The van der Waals surface area contributed by atoms with Gasteiger partial charge in [0.2, 0.25) is 0 Å². The third kappa shape index (κ3) is 4.02. The Morgan fingerprint density at radius 2 is 1.83 bits per heavy atom. The van der Waals surface area contributed by atoms with Crippen molar-refractivity contribution in [3.63, 3.8) is 0 Å². The molecule has 5 rings (SSSR count). The van der Waals surface area contributed by atoms with E-state index in [9.17, 15) is 27.9 Å². The molecule has 1 aliphatic heterocycles. The maximum atomic E-state index is 12.9. The zero-order valence-electron chi connectivity index (χ0n) is 18.6. The van der Waals surface area contributed by atoms with E-state index >= 15 is 0 Å². The van der Waals surface area contributed by atoms with E-state index in [1.807, 2.05) is 17.7 Å². The van der Waals surface area contributed by atoms with E-state index in [1.54, 1.807) is 12.1 Å². The van der Waals surface area contributed by atoms with Gasteiger partial charge >= 0.3 is 12.3 Å². The summed E-state index contributed by atoms with van der Waals surface area (Å²) >= 11 is 0. The largest absolute Gasteiger partial charge is 0.465 e. The van der Waals surface area contributed by atoms with Crippen LogP contribution < -0.4 is 5.56 Å². The van der Waals surface area contributed by atoms with Crippen molar-refractivity contribution >= 4 is 17.1 Å². The third-order valence-electron chi connectivity index (χ3n) is 6.33. The summed E-state index contributed by atoms with van der Waals surface area (Å²) < 4.78 is 41.6. The van der Waals surface area contributed by atoms with Crippen molar-refractivity contribution in [3.05, 3.63) is 76.1 Å². The molecule has 4 aromatic heterocycles. The first-order chi connectivity index (χ1) is 16.6. The maximum Gasteiger partial charge on any atom is 0.433 e. The first-order valence-corrected chi connectivity index (χ1v) is 10.9. The molecule has 0 atom stereocenters. The van der Waals surface area contributed by atoms with E-state index in [-0.39, 0.29) is 5.56 Å². The van der Waals surface area contributed by atoms with Crippen LogP contribution in [-0.2, 0) is 26.1 Å². The molecule has 1 amide bonds. The van der Waals surface area contributed by atoms with Crippen molar-refractivity contribution in [2.75, 3.05) is 13.1 Å². The van der Waals surface area contributed by atoms with E-state index in [1.165, 1.54) is 27.8 Å². The Morgan fingerprint density at radius 1 is 1.06 bits per heavy atom. The topological polar surface area (TPSA) is 93.3 Å². The molecule has 1 N–H and O–H groups in total. The van der Waals surface area contributed by atoms with Gasteiger partial charge in [-0.05, 0) is 41.8 Å². The zero-order valence-corrected chi connectivity index (χ0v) is 18.6. The SMILES string of the molecule is Cn1c2c(c3ccc(-n4ccc(-c5ccc(C(F)(F)F)nc5)cc4=O)nc31)CCN(C(=O)O)CC2. The molecule has 0 aliphatic carbocycles. The summed E-state index contributed by atoms with van der Waals surface area (Å²) in [4.78, 5) is 33.8. The van der Waals surface area contributed by atoms with Crippen LogP contribution in [-0.4, -0.2) is 48.3 Å². The Labute approximate surface area is 196 Å². The number of amides is 1. The highest BCUT2D eigenvalue weighted by atomic mass is 19.4. The Hall–Kier alpha value is -4.15. The number of aryl methyl sites for hydroxylation is 1.